The van der Waals surface area contributed by atoms with Crippen LogP contribution in [0.3, 0.4) is 0 Å². The molecule has 0 saturated carbocycles. The predicted octanol–water partition coefficient (Wildman–Crippen LogP) is 3.31. The fraction of sp³-hybridized carbons (Fsp3) is 0.176. The minimum Gasteiger partial charge on any atom is -0.301 e. The van der Waals surface area contributed by atoms with Gasteiger partial charge in [0, 0.05) is 12.1 Å². The van der Waals surface area contributed by atoms with Gasteiger partial charge in [0.2, 0.25) is 5.91 Å². The number of non-ortho nitro benzene ring substituents is 1. The van der Waals surface area contributed by atoms with Crippen LogP contribution in [0.5, 0.6) is 0 Å². The maximum atomic E-state index is 12.6. The number of aromatic nitrogens is 1. The van der Waals surface area contributed by atoms with Crippen molar-refractivity contribution >= 4 is 48.1 Å². The van der Waals surface area contributed by atoms with Crippen LogP contribution >= 0.6 is 11.3 Å². The monoisotopic (exact) mass is 405 g/mol. The van der Waals surface area contributed by atoms with Crippen LogP contribution in [0.15, 0.2) is 47.4 Å². The number of anilines is 1. The van der Waals surface area contributed by atoms with Crippen LogP contribution in [0.1, 0.15) is 12.5 Å². The lowest BCUT2D eigenvalue weighted by Gasteiger charge is -2.12. The molecule has 0 aliphatic heterocycles. The number of hydrogen-bond acceptors (Lipinski definition) is 7. The molecule has 0 aliphatic carbocycles. The zero-order chi connectivity index (χ0) is 19.8. The van der Waals surface area contributed by atoms with Gasteiger partial charge in [-0.25, -0.2) is 13.4 Å². The lowest BCUT2D eigenvalue weighted by molar-refractivity contribution is -0.384. The number of thiazole rings is 1. The highest BCUT2D eigenvalue weighted by Gasteiger charge is 2.30. The number of hydrogen-bond donors (Lipinski definition) is 1. The van der Waals surface area contributed by atoms with Crippen LogP contribution in [-0.4, -0.2) is 29.5 Å². The van der Waals surface area contributed by atoms with Crippen molar-refractivity contribution in [3.8, 4) is 0 Å². The maximum absolute atomic E-state index is 12.6. The number of benzene rings is 2. The Morgan fingerprint density at radius 1 is 1.22 bits per heavy atom. The van der Waals surface area contributed by atoms with E-state index in [9.17, 15) is 23.3 Å². The first kappa shape index (κ1) is 18.9. The fourth-order valence-corrected chi connectivity index (χ4v) is 4.66. The Morgan fingerprint density at radius 3 is 2.48 bits per heavy atom. The summed E-state index contributed by atoms with van der Waals surface area (Å²) in [6.45, 7) is 3.17. The van der Waals surface area contributed by atoms with Crippen LogP contribution in [0.25, 0.3) is 10.2 Å². The molecular formula is C17H15N3O5S2. The summed E-state index contributed by atoms with van der Waals surface area (Å²) in [6, 6.07) is 10.1. The van der Waals surface area contributed by atoms with Gasteiger partial charge in [-0.15, -0.1) is 0 Å². The highest BCUT2D eigenvalue weighted by atomic mass is 32.2. The molecular weight excluding hydrogens is 390 g/mol. The first-order valence-corrected chi connectivity index (χ1v) is 10.2. The SMILES string of the molecule is Cc1cccc2sc(NC(=O)[C@@H](C)S(=O)(=O)c3ccc([N+](=O)[O-])cc3)nc12. The van der Waals surface area contributed by atoms with E-state index in [1.54, 1.807) is 0 Å². The zero-order valence-electron chi connectivity index (χ0n) is 14.4. The van der Waals surface area contributed by atoms with Gasteiger partial charge >= 0.3 is 0 Å². The molecule has 0 bridgehead atoms. The predicted molar refractivity (Wildman–Crippen MR) is 103 cm³/mol. The Bertz CT molecular complexity index is 1140. The number of carbonyl (C=O) groups is 1. The summed E-state index contributed by atoms with van der Waals surface area (Å²) in [7, 11) is -4.00. The van der Waals surface area contributed by atoms with E-state index in [1.807, 2.05) is 25.1 Å². The number of amides is 1. The molecule has 10 heteroatoms. The van der Waals surface area contributed by atoms with Crippen molar-refractivity contribution < 1.29 is 18.1 Å². The molecule has 3 rings (SSSR count). The number of fused-ring (bicyclic) bond motifs is 1. The lowest BCUT2D eigenvalue weighted by atomic mass is 10.2. The molecule has 1 aromatic heterocycles. The van der Waals surface area contributed by atoms with E-state index >= 15 is 0 Å². The second-order valence-corrected chi connectivity index (χ2v) is 9.17. The van der Waals surface area contributed by atoms with Gasteiger partial charge < -0.3 is 5.32 Å². The first-order chi connectivity index (χ1) is 12.7. The molecule has 1 amide bonds. The van der Waals surface area contributed by atoms with E-state index in [-0.39, 0.29) is 10.6 Å². The van der Waals surface area contributed by atoms with Crippen LogP contribution in [0, 0.1) is 17.0 Å². The highest BCUT2D eigenvalue weighted by molar-refractivity contribution is 7.92. The molecule has 0 radical (unpaired) electrons. The van der Waals surface area contributed by atoms with E-state index < -0.39 is 25.9 Å². The van der Waals surface area contributed by atoms with Gasteiger partial charge in [-0.2, -0.15) is 0 Å². The largest absolute Gasteiger partial charge is 0.301 e. The normalized spacial score (nSPS) is 12.7. The number of nitro groups is 1. The highest BCUT2D eigenvalue weighted by Crippen LogP contribution is 2.28. The molecule has 2 aromatic carbocycles. The van der Waals surface area contributed by atoms with Crippen molar-refractivity contribution in [3.63, 3.8) is 0 Å². The number of rotatable bonds is 5. The Hall–Kier alpha value is -2.85. The quantitative estimate of drug-likeness (QED) is 0.514. The van der Waals surface area contributed by atoms with E-state index in [1.165, 1.54) is 18.3 Å². The van der Waals surface area contributed by atoms with Crippen LogP contribution in [-0.2, 0) is 14.6 Å². The summed E-state index contributed by atoms with van der Waals surface area (Å²) in [5.41, 5.74) is 1.48. The van der Waals surface area contributed by atoms with E-state index in [4.69, 9.17) is 0 Å². The van der Waals surface area contributed by atoms with Crippen molar-refractivity contribution in [2.24, 2.45) is 0 Å². The summed E-state index contributed by atoms with van der Waals surface area (Å²) < 4.78 is 26.1. The lowest BCUT2D eigenvalue weighted by Crippen LogP contribution is -2.32. The van der Waals surface area contributed by atoms with Crippen molar-refractivity contribution in [1.82, 2.24) is 4.98 Å². The molecule has 0 fully saturated rings. The van der Waals surface area contributed by atoms with Crippen LogP contribution in [0.2, 0.25) is 0 Å². The van der Waals surface area contributed by atoms with Crippen LogP contribution in [0.4, 0.5) is 10.8 Å². The maximum Gasteiger partial charge on any atom is 0.269 e. The molecule has 3 aromatic rings. The molecule has 0 spiro atoms. The molecule has 27 heavy (non-hydrogen) atoms. The minimum absolute atomic E-state index is 0.157. The summed E-state index contributed by atoms with van der Waals surface area (Å²) in [5, 5.41) is 12.2. The van der Waals surface area contributed by atoms with Gasteiger partial charge in [-0.3, -0.25) is 14.9 Å². The van der Waals surface area contributed by atoms with Crippen molar-refractivity contribution in [3.05, 3.63) is 58.1 Å². The average molecular weight is 405 g/mol. The van der Waals surface area contributed by atoms with E-state index in [0.717, 1.165) is 40.0 Å². The number of para-hydroxylation sites is 1. The second-order valence-electron chi connectivity index (χ2n) is 5.87. The Kier molecular flexibility index (Phi) is 4.94. The molecule has 1 N–H and O–H groups in total. The van der Waals surface area contributed by atoms with Crippen LogP contribution < -0.4 is 5.32 Å². The number of sulfone groups is 1. The van der Waals surface area contributed by atoms with Gasteiger partial charge in [0.15, 0.2) is 15.0 Å². The molecule has 8 nitrogen and oxygen atoms in total. The zero-order valence-corrected chi connectivity index (χ0v) is 16.0. The number of nitrogens with zero attached hydrogens (tertiary/aromatic N) is 2. The molecule has 0 aliphatic rings. The Balaban J connectivity index is 1.82. The number of nitro benzene ring substituents is 1. The fourth-order valence-electron chi connectivity index (χ4n) is 2.45. The average Bonchev–Trinajstić information content (AvgIpc) is 3.05. The molecule has 0 unspecified atom stereocenters. The standard InChI is InChI=1S/C17H15N3O5S2/c1-10-4-3-5-14-15(10)18-17(26-14)19-16(21)11(2)27(24,25)13-8-6-12(7-9-13)20(22)23/h3-9,11H,1-2H3,(H,18,19,21)/t11-/m1/s1. The third-order valence-electron chi connectivity index (χ3n) is 4.06. The topological polar surface area (TPSA) is 119 Å². The molecule has 1 heterocycles. The number of nitrogens with one attached hydrogen (secondary N) is 1. The minimum atomic E-state index is -4.00. The first-order valence-electron chi connectivity index (χ1n) is 7.85. The Labute approximate surface area is 158 Å². The van der Waals surface area contributed by atoms with E-state index in [0.29, 0.717) is 5.13 Å². The molecule has 1 atom stereocenters. The second kappa shape index (κ2) is 7.05. The molecule has 140 valence electrons. The summed E-state index contributed by atoms with van der Waals surface area (Å²) in [4.78, 5) is 26.7. The summed E-state index contributed by atoms with van der Waals surface area (Å²) >= 11 is 1.26. The third-order valence-corrected chi connectivity index (χ3v) is 7.07. The van der Waals surface area contributed by atoms with Crippen molar-refractivity contribution in [2.75, 3.05) is 5.32 Å². The number of aryl methyl sites for hydroxylation is 1. The Morgan fingerprint density at radius 2 is 1.89 bits per heavy atom. The van der Waals surface area contributed by atoms with Gasteiger partial charge in [0.25, 0.3) is 5.69 Å². The third kappa shape index (κ3) is 3.67. The summed E-state index contributed by atoms with van der Waals surface area (Å²) in [5.74, 6) is -0.718. The number of carbonyl (C=O) groups excluding carboxylic acids is 1. The smallest absolute Gasteiger partial charge is 0.269 e. The van der Waals surface area contributed by atoms with Crippen molar-refractivity contribution in [1.29, 1.82) is 0 Å². The molecule has 0 saturated heterocycles. The van der Waals surface area contributed by atoms with Gasteiger partial charge in [0.05, 0.1) is 20.0 Å². The van der Waals surface area contributed by atoms with Crippen molar-refractivity contribution in [2.45, 2.75) is 24.0 Å². The van der Waals surface area contributed by atoms with Gasteiger partial charge in [-0.05, 0) is 37.6 Å². The van der Waals surface area contributed by atoms with Gasteiger partial charge in [-0.1, -0.05) is 23.5 Å². The summed E-state index contributed by atoms with van der Waals surface area (Å²) in [6.07, 6.45) is 0. The van der Waals surface area contributed by atoms with Gasteiger partial charge in [0.1, 0.15) is 5.25 Å². The van der Waals surface area contributed by atoms with E-state index in [2.05, 4.69) is 10.3 Å².